The Bertz CT molecular complexity index is 1240. The van der Waals surface area contributed by atoms with Gasteiger partial charge >= 0.3 is 0 Å². The number of ether oxygens (including phenoxy) is 1. The largest absolute Gasteiger partial charge is 0.390 e. The standard InChI is InChI=1S/C17H15ClFN5.C7H12O2/c1-8(2)24-9(3)11(6-20)15-13(19)4-10(5-14(15)24)16-12(18)7-22-17(21)23-16;8-6-3-1-5-2-4-7(6)9-5/h4-5,7-8H,1-3H3,(H2,21,22,23);5-8H,1-4H2/t;5?,6?,7-/m.0/s1. The minimum absolute atomic E-state index is 0.0584. The van der Waals surface area contributed by atoms with E-state index in [1.165, 1.54) is 18.7 Å². The molecule has 3 aromatic rings. The summed E-state index contributed by atoms with van der Waals surface area (Å²) >= 11 is 6.14. The summed E-state index contributed by atoms with van der Waals surface area (Å²) in [5.41, 5.74) is 8.17. The van der Waals surface area contributed by atoms with Crippen LogP contribution in [0.15, 0.2) is 18.3 Å². The number of halogens is 2. The zero-order valence-electron chi connectivity index (χ0n) is 18.8. The number of nitrogen functional groups attached to an aromatic ring is 1. The number of benzene rings is 1. The molecule has 2 bridgehead atoms. The van der Waals surface area contributed by atoms with E-state index in [1.807, 2.05) is 25.3 Å². The predicted octanol–water partition coefficient (Wildman–Crippen LogP) is 4.92. The van der Waals surface area contributed by atoms with Gasteiger partial charge in [-0.1, -0.05) is 11.6 Å². The van der Waals surface area contributed by atoms with Gasteiger partial charge in [0.1, 0.15) is 11.9 Å². The monoisotopic (exact) mass is 471 g/mol. The zero-order valence-corrected chi connectivity index (χ0v) is 19.6. The lowest BCUT2D eigenvalue weighted by Crippen LogP contribution is -2.31. The van der Waals surface area contributed by atoms with E-state index in [0.29, 0.717) is 33.8 Å². The fourth-order valence-corrected chi connectivity index (χ4v) is 5.01. The van der Waals surface area contributed by atoms with E-state index < -0.39 is 5.82 Å². The van der Waals surface area contributed by atoms with Gasteiger partial charge in [-0.15, -0.1) is 0 Å². The van der Waals surface area contributed by atoms with Crippen molar-refractivity contribution in [3.8, 4) is 17.3 Å². The number of aromatic nitrogens is 3. The molecule has 0 spiro atoms. The number of nitrogens with two attached hydrogens (primary N) is 1. The van der Waals surface area contributed by atoms with Gasteiger partial charge in [0.25, 0.3) is 0 Å². The normalized spacial score (nSPS) is 21.7. The molecule has 3 atom stereocenters. The first-order valence-corrected chi connectivity index (χ1v) is 11.4. The molecule has 2 unspecified atom stereocenters. The summed E-state index contributed by atoms with van der Waals surface area (Å²) in [5.74, 6) is -0.433. The van der Waals surface area contributed by atoms with Gasteiger partial charge in [-0.2, -0.15) is 5.26 Å². The van der Waals surface area contributed by atoms with Crippen LogP contribution in [0.3, 0.4) is 0 Å². The van der Waals surface area contributed by atoms with Crippen LogP contribution in [0.4, 0.5) is 10.3 Å². The number of rotatable bonds is 2. The van der Waals surface area contributed by atoms with E-state index in [-0.39, 0.29) is 29.2 Å². The third kappa shape index (κ3) is 4.41. The molecule has 5 rings (SSSR count). The van der Waals surface area contributed by atoms with Gasteiger partial charge in [0.2, 0.25) is 5.95 Å². The topological polar surface area (TPSA) is 110 Å². The maximum atomic E-state index is 14.8. The van der Waals surface area contributed by atoms with Crippen molar-refractivity contribution in [3.05, 3.63) is 40.4 Å². The minimum atomic E-state index is -0.491. The molecule has 2 fully saturated rings. The molecule has 0 radical (unpaired) electrons. The number of fused-ring (bicyclic) bond motifs is 3. The molecule has 2 aromatic heterocycles. The summed E-state index contributed by atoms with van der Waals surface area (Å²) in [6, 6.07) is 5.26. The van der Waals surface area contributed by atoms with Crippen LogP contribution >= 0.6 is 11.6 Å². The fraction of sp³-hybridized carbons (Fsp3) is 0.458. The molecular formula is C24H27ClFN5O2. The molecule has 7 nitrogen and oxygen atoms in total. The van der Waals surface area contributed by atoms with Crippen molar-refractivity contribution in [2.24, 2.45) is 0 Å². The lowest BCUT2D eigenvalue weighted by Gasteiger charge is -2.24. The Morgan fingerprint density at radius 1 is 1.30 bits per heavy atom. The molecule has 33 heavy (non-hydrogen) atoms. The van der Waals surface area contributed by atoms with Crippen LogP contribution in [0.5, 0.6) is 0 Å². The van der Waals surface area contributed by atoms with Crippen LogP contribution in [0.2, 0.25) is 5.02 Å². The predicted molar refractivity (Wildman–Crippen MR) is 125 cm³/mol. The van der Waals surface area contributed by atoms with Crippen molar-refractivity contribution < 1.29 is 14.2 Å². The van der Waals surface area contributed by atoms with Crippen LogP contribution in [-0.2, 0) is 4.74 Å². The number of hydrogen-bond donors (Lipinski definition) is 2. The second kappa shape index (κ2) is 9.26. The summed E-state index contributed by atoms with van der Waals surface area (Å²) in [4.78, 5) is 7.93. The van der Waals surface area contributed by atoms with Crippen LogP contribution < -0.4 is 5.73 Å². The van der Waals surface area contributed by atoms with E-state index in [9.17, 15) is 14.8 Å². The SMILES string of the molecule is Cc1c(C#N)c2c(F)cc(-c3nc(N)ncc3Cl)cc2n1C(C)C.OC1CCC2CC[C@@H]1O2. The van der Waals surface area contributed by atoms with Gasteiger partial charge in [0.05, 0.1) is 51.7 Å². The van der Waals surface area contributed by atoms with Gasteiger partial charge in [0, 0.05) is 17.3 Å². The highest BCUT2D eigenvalue weighted by atomic mass is 35.5. The van der Waals surface area contributed by atoms with Gasteiger partial charge in [-0.3, -0.25) is 0 Å². The van der Waals surface area contributed by atoms with E-state index in [0.717, 1.165) is 25.0 Å². The molecule has 4 heterocycles. The number of aliphatic hydroxyl groups is 1. The lowest BCUT2D eigenvalue weighted by molar-refractivity contribution is -0.0746. The second-order valence-electron chi connectivity index (χ2n) is 8.83. The maximum absolute atomic E-state index is 14.8. The molecule has 0 amide bonds. The van der Waals surface area contributed by atoms with E-state index in [2.05, 4.69) is 16.0 Å². The van der Waals surface area contributed by atoms with Crippen molar-refractivity contribution in [2.75, 3.05) is 5.73 Å². The molecule has 174 valence electrons. The second-order valence-corrected chi connectivity index (χ2v) is 9.24. The van der Waals surface area contributed by atoms with Crippen LogP contribution in [0.25, 0.3) is 22.2 Å². The number of hydrogen-bond acceptors (Lipinski definition) is 6. The first-order valence-electron chi connectivity index (χ1n) is 11.1. The van der Waals surface area contributed by atoms with Crippen molar-refractivity contribution in [3.63, 3.8) is 0 Å². The minimum Gasteiger partial charge on any atom is -0.390 e. The van der Waals surface area contributed by atoms with Crippen molar-refractivity contribution >= 4 is 28.5 Å². The molecule has 2 aliphatic heterocycles. The zero-order chi connectivity index (χ0) is 23.9. The fourth-order valence-electron chi connectivity index (χ4n) is 4.81. The van der Waals surface area contributed by atoms with E-state index in [1.54, 1.807) is 6.07 Å². The van der Waals surface area contributed by atoms with Crippen LogP contribution in [0.1, 0.15) is 56.8 Å². The molecule has 2 aliphatic rings. The third-order valence-corrected chi connectivity index (χ3v) is 6.60. The molecular weight excluding hydrogens is 445 g/mol. The summed E-state index contributed by atoms with van der Waals surface area (Å²) in [6.07, 6.45) is 6.15. The molecule has 3 N–H and O–H groups in total. The summed E-state index contributed by atoms with van der Waals surface area (Å²) in [6.45, 7) is 5.77. The number of nitriles is 1. The highest BCUT2D eigenvalue weighted by molar-refractivity contribution is 6.33. The van der Waals surface area contributed by atoms with Gasteiger partial charge < -0.3 is 20.1 Å². The first kappa shape index (κ1) is 23.4. The highest BCUT2D eigenvalue weighted by Crippen LogP contribution is 2.36. The highest BCUT2D eigenvalue weighted by Gasteiger charge is 2.35. The van der Waals surface area contributed by atoms with Crippen molar-refractivity contribution in [1.82, 2.24) is 14.5 Å². The molecule has 9 heteroatoms. The first-order chi connectivity index (χ1) is 15.7. The average Bonchev–Trinajstić information content (AvgIpc) is 3.31. The van der Waals surface area contributed by atoms with Crippen molar-refractivity contribution in [1.29, 1.82) is 5.26 Å². The number of aliphatic hydroxyl groups excluding tert-OH is 1. The number of anilines is 1. The molecule has 2 saturated heterocycles. The van der Waals surface area contributed by atoms with Crippen molar-refractivity contribution in [2.45, 2.75) is 70.8 Å². The molecule has 1 aromatic carbocycles. The third-order valence-electron chi connectivity index (χ3n) is 6.32. The molecule has 0 aliphatic carbocycles. The van der Waals surface area contributed by atoms with E-state index >= 15 is 0 Å². The van der Waals surface area contributed by atoms with Crippen LogP contribution in [-0.4, -0.2) is 38.0 Å². The Morgan fingerprint density at radius 2 is 2.03 bits per heavy atom. The Kier molecular flexibility index (Phi) is 6.57. The summed E-state index contributed by atoms with van der Waals surface area (Å²) in [7, 11) is 0. The average molecular weight is 472 g/mol. The lowest BCUT2D eigenvalue weighted by atomic mass is 10.1. The Balaban J connectivity index is 0.000000238. The van der Waals surface area contributed by atoms with Gasteiger partial charge in [0.15, 0.2) is 0 Å². The summed E-state index contributed by atoms with van der Waals surface area (Å²) in [5, 5.41) is 19.3. The maximum Gasteiger partial charge on any atom is 0.220 e. The summed E-state index contributed by atoms with van der Waals surface area (Å²) < 4.78 is 22.2. The Hall–Kier alpha value is -2.73. The van der Waals surface area contributed by atoms with Gasteiger partial charge in [-0.25, -0.2) is 14.4 Å². The van der Waals surface area contributed by atoms with Crippen LogP contribution in [0, 0.1) is 24.1 Å². The van der Waals surface area contributed by atoms with Gasteiger partial charge in [-0.05, 0) is 58.6 Å². The quantitative estimate of drug-likeness (QED) is 0.548. The molecule has 0 saturated carbocycles. The Morgan fingerprint density at radius 3 is 2.70 bits per heavy atom. The smallest absolute Gasteiger partial charge is 0.220 e. The Labute approximate surface area is 197 Å². The van der Waals surface area contributed by atoms with E-state index in [4.69, 9.17) is 22.1 Å². The number of nitrogens with zero attached hydrogens (tertiary/aromatic N) is 4.